The first-order valence-corrected chi connectivity index (χ1v) is 6.09. The lowest BCUT2D eigenvalue weighted by molar-refractivity contribution is -0.139. The van der Waals surface area contributed by atoms with Crippen molar-refractivity contribution in [3.8, 4) is 5.75 Å². The van der Waals surface area contributed by atoms with Gasteiger partial charge in [0.1, 0.15) is 5.75 Å². The van der Waals surface area contributed by atoms with Crippen LogP contribution in [-0.4, -0.2) is 35.4 Å². The summed E-state index contributed by atoms with van der Waals surface area (Å²) < 4.78 is 5.00. The minimum atomic E-state index is -1.05. The van der Waals surface area contributed by atoms with Gasteiger partial charge in [-0.3, -0.25) is 9.59 Å². The van der Waals surface area contributed by atoms with Crippen LogP contribution in [0.25, 0.3) is 0 Å². The lowest BCUT2D eigenvalue weighted by Gasteiger charge is -2.15. The Morgan fingerprint density at radius 1 is 1.20 bits per heavy atom. The average molecular weight is 279 g/mol. The summed E-state index contributed by atoms with van der Waals surface area (Å²) in [5.41, 5.74) is 0.849. The molecule has 1 atom stereocenters. The number of carboxylic acid groups (broad SMARTS) is 1. The van der Waals surface area contributed by atoms with Crippen molar-refractivity contribution >= 4 is 17.7 Å². The molecule has 108 valence electrons. The van der Waals surface area contributed by atoms with Crippen molar-refractivity contribution in [2.75, 3.05) is 6.61 Å². The molecule has 1 aromatic carbocycles. The predicted molar refractivity (Wildman–Crippen MR) is 71.6 cm³/mol. The predicted octanol–water partition coefficient (Wildman–Crippen LogP) is 0.786. The van der Waals surface area contributed by atoms with Crippen molar-refractivity contribution in [3.63, 3.8) is 0 Å². The molecule has 1 rings (SSSR count). The third-order valence-electron chi connectivity index (χ3n) is 2.59. The highest BCUT2D eigenvalue weighted by Crippen LogP contribution is 2.13. The number of ether oxygens (including phenoxy) is 1. The van der Waals surface area contributed by atoms with Crippen molar-refractivity contribution in [1.82, 2.24) is 5.32 Å². The molecule has 0 aliphatic heterocycles. The molecular formula is C14H17NO5. The number of nitrogens with one attached hydrogen (secondary N) is 1. The molecule has 0 aliphatic carbocycles. The molecule has 0 bridgehead atoms. The summed E-state index contributed by atoms with van der Waals surface area (Å²) in [7, 11) is 0. The van der Waals surface area contributed by atoms with Crippen LogP contribution in [0.1, 0.15) is 19.4 Å². The Labute approximate surface area is 116 Å². The van der Waals surface area contributed by atoms with Crippen molar-refractivity contribution in [2.45, 2.75) is 26.3 Å². The van der Waals surface area contributed by atoms with Crippen LogP contribution in [-0.2, 0) is 20.8 Å². The summed E-state index contributed by atoms with van der Waals surface area (Å²) in [5, 5.41) is 11.1. The molecule has 0 unspecified atom stereocenters. The van der Waals surface area contributed by atoms with Gasteiger partial charge in [-0.05, 0) is 31.0 Å². The third-order valence-corrected chi connectivity index (χ3v) is 2.59. The fraction of sp³-hybridized carbons (Fsp3) is 0.357. The second kappa shape index (κ2) is 7.28. The van der Waals surface area contributed by atoms with Crippen LogP contribution in [0.5, 0.6) is 5.75 Å². The SMILES string of the molecule is CC(=O)N[C@@H](Cc1ccc(OCC(=O)O)cc1)C(C)=O. The smallest absolute Gasteiger partial charge is 0.341 e. The number of carbonyl (C=O) groups excluding carboxylic acids is 2. The Hall–Kier alpha value is -2.37. The van der Waals surface area contributed by atoms with Gasteiger partial charge >= 0.3 is 5.97 Å². The van der Waals surface area contributed by atoms with Crippen LogP contribution < -0.4 is 10.1 Å². The zero-order valence-electron chi connectivity index (χ0n) is 11.4. The normalized spacial score (nSPS) is 11.5. The topological polar surface area (TPSA) is 92.7 Å². The maximum absolute atomic E-state index is 11.4. The Kier molecular flexibility index (Phi) is 5.71. The summed E-state index contributed by atoms with van der Waals surface area (Å²) in [6.07, 6.45) is 0.383. The third kappa shape index (κ3) is 5.51. The molecule has 20 heavy (non-hydrogen) atoms. The van der Waals surface area contributed by atoms with E-state index in [1.807, 2.05) is 0 Å². The first-order valence-electron chi connectivity index (χ1n) is 6.09. The molecule has 0 saturated carbocycles. The van der Waals surface area contributed by atoms with Crippen LogP contribution in [0.2, 0.25) is 0 Å². The van der Waals surface area contributed by atoms with E-state index >= 15 is 0 Å². The van der Waals surface area contributed by atoms with E-state index in [0.29, 0.717) is 12.2 Å². The number of benzene rings is 1. The van der Waals surface area contributed by atoms with Gasteiger partial charge < -0.3 is 15.2 Å². The van der Waals surface area contributed by atoms with E-state index in [2.05, 4.69) is 5.32 Å². The lowest BCUT2D eigenvalue weighted by atomic mass is 10.0. The Morgan fingerprint density at radius 3 is 2.25 bits per heavy atom. The number of Topliss-reactive ketones (excluding diaryl/α,β-unsaturated/α-hetero) is 1. The summed E-state index contributed by atoms with van der Waals surface area (Å²) in [6.45, 7) is 2.38. The molecule has 2 N–H and O–H groups in total. The summed E-state index contributed by atoms with van der Waals surface area (Å²) in [6, 6.07) is 6.16. The van der Waals surface area contributed by atoms with Gasteiger partial charge in [-0.2, -0.15) is 0 Å². The molecule has 0 fully saturated rings. The molecule has 1 aromatic rings. The maximum atomic E-state index is 11.4. The molecule has 0 heterocycles. The second-order valence-corrected chi connectivity index (χ2v) is 4.39. The van der Waals surface area contributed by atoms with Gasteiger partial charge in [-0.15, -0.1) is 0 Å². The molecule has 6 heteroatoms. The molecule has 0 spiro atoms. The molecule has 6 nitrogen and oxygen atoms in total. The summed E-state index contributed by atoms with van der Waals surface area (Å²) in [5.74, 6) is -0.982. The highest BCUT2D eigenvalue weighted by atomic mass is 16.5. The number of hydrogen-bond donors (Lipinski definition) is 2. The number of amides is 1. The fourth-order valence-corrected chi connectivity index (χ4v) is 1.64. The highest BCUT2D eigenvalue weighted by molar-refractivity contribution is 5.86. The average Bonchev–Trinajstić information content (AvgIpc) is 2.36. The number of aliphatic carboxylic acids is 1. The Balaban J connectivity index is 2.65. The maximum Gasteiger partial charge on any atom is 0.341 e. The van der Waals surface area contributed by atoms with Gasteiger partial charge in [-0.25, -0.2) is 4.79 Å². The number of carboxylic acids is 1. The van der Waals surface area contributed by atoms with Gasteiger partial charge in [0.15, 0.2) is 12.4 Å². The molecule has 0 aliphatic rings. The number of rotatable bonds is 7. The van der Waals surface area contributed by atoms with Crippen LogP contribution in [0.4, 0.5) is 0 Å². The van der Waals surface area contributed by atoms with E-state index in [1.54, 1.807) is 24.3 Å². The van der Waals surface area contributed by atoms with Crippen molar-refractivity contribution < 1.29 is 24.2 Å². The zero-order chi connectivity index (χ0) is 15.1. The van der Waals surface area contributed by atoms with Crippen molar-refractivity contribution in [3.05, 3.63) is 29.8 Å². The van der Waals surface area contributed by atoms with Crippen LogP contribution >= 0.6 is 0 Å². The lowest BCUT2D eigenvalue weighted by Crippen LogP contribution is -2.40. The van der Waals surface area contributed by atoms with E-state index in [0.717, 1.165) is 5.56 Å². The van der Waals surface area contributed by atoms with Gasteiger partial charge in [0.05, 0.1) is 6.04 Å². The highest BCUT2D eigenvalue weighted by Gasteiger charge is 2.15. The van der Waals surface area contributed by atoms with E-state index in [4.69, 9.17) is 9.84 Å². The van der Waals surface area contributed by atoms with Crippen molar-refractivity contribution in [1.29, 1.82) is 0 Å². The minimum Gasteiger partial charge on any atom is -0.482 e. The Bertz CT molecular complexity index is 495. The van der Waals surface area contributed by atoms with E-state index in [-0.39, 0.29) is 11.7 Å². The summed E-state index contributed by atoms with van der Waals surface area (Å²) in [4.78, 5) is 32.8. The second-order valence-electron chi connectivity index (χ2n) is 4.39. The molecule has 0 aromatic heterocycles. The van der Waals surface area contributed by atoms with E-state index < -0.39 is 18.6 Å². The van der Waals surface area contributed by atoms with Gasteiger partial charge in [0.25, 0.3) is 0 Å². The standard InChI is InChI=1S/C14H17NO5/c1-9(16)13(15-10(2)17)7-11-3-5-12(6-4-11)20-8-14(18)19/h3-6,13H,7-8H2,1-2H3,(H,15,17)(H,18,19)/t13-/m0/s1. The first kappa shape index (κ1) is 15.7. The van der Waals surface area contributed by atoms with Crippen LogP contribution in [0, 0.1) is 0 Å². The minimum absolute atomic E-state index is 0.119. The number of ketones is 1. The van der Waals surface area contributed by atoms with Gasteiger partial charge in [0, 0.05) is 6.92 Å². The number of hydrogen-bond acceptors (Lipinski definition) is 4. The van der Waals surface area contributed by atoms with Gasteiger partial charge in [0.2, 0.25) is 5.91 Å². The summed E-state index contributed by atoms with van der Waals surface area (Å²) >= 11 is 0. The first-order chi connectivity index (χ1) is 9.38. The zero-order valence-corrected chi connectivity index (χ0v) is 11.4. The van der Waals surface area contributed by atoms with Gasteiger partial charge in [-0.1, -0.05) is 12.1 Å². The van der Waals surface area contributed by atoms with E-state index in [9.17, 15) is 14.4 Å². The molecule has 0 radical (unpaired) electrons. The fourth-order valence-electron chi connectivity index (χ4n) is 1.64. The van der Waals surface area contributed by atoms with E-state index in [1.165, 1.54) is 13.8 Å². The molecular weight excluding hydrogens is 262 g/mol. The largest absolute Gasteiger partial charge is 0.482 e. The van der Waals surface area contributed by atoms with Crippen LogP contribution in [0.15, 0.2) is 24.3 Å². The quantitative estimate of drug-likeness (QED) is 0.769. The Morgan fingerprint density at radius 2 is 1.80 bits per heavy atom. The monoisotopic (exact) mass is 279 g/mol. The molecule has 1 amide bonds. The van der Waals surface area contributed by atoms with Crippen LogP contribution in [0.3, 0.4) is 0 Å². The molecule has 0 saturated heterocycles. The van der Waals surface area contributed by atoms with Crippen molar-refractivity contribution in [2.24, 2.45) is 0 Å². The number of carbonyl (C=O) groups is 3.